The van der Waals surface area contributed by atoms with E-state index in [4.69, 9.17) is 9.47 Å². The van der Waals surface area contributed by atoms with Gasteiger partial charge in [-0.1, -0.05) is 0 Å². The van der Waals surface area contributed by atoms with Crippen LogP contribution in [-0.4, -0.2) is 52.4 Å². The fraction of sp³-hybridized carbons (Fsp3) is 0.524. The van der Waals surface area contributed by atoms with Crippen LogP contribution in [0.1, 0.15) is 27.7 Å². The Hall–Kier alpha value is -1.82. The van der Waals surface area contributed by atoms with Gasteiger partial charge in [0, 0.05) is 11.1 Å². The van der Waals surface area contributed by atoms with Crippen LogP contribution < -0.4 is 0 Å². The van der Waals surface area contributed by atoms with E-state index in [1.165, 1.54) is 27.7 Å². The van der Waals surface area contributed by atoms with Crippen molar-refractivity contribution < 1.29 is 45.4 Å². The van der Waals surface area contributed by atoms with Gasteiger partial charge in [-0.2, -0.15) is 26.3 Å². The van der Waals surface area contributed by atoms with E-state index in [1.54, 1.807) is 0 Å². The maximum absolute atomic E-state index is 15.0. The number of carbonyl (C=O) groups is 2. The monoisotopic (exact) mass is 512 g/mol. The van der Waals surface area contributed by atoms with Gasteiger partial charge in [-0.3, -0.25) is 0 Å². The number of hydrogen-bond donors (Lipinski definition) is 0. The molecule has 0 aromatic rings. The van der Waals surface area contributed by atoms with Gasteiger partial charge < -0.3 is 9.47 Å². The highest BCUT2D eigenvalue weighted by Crippen LogP contribution is 2.74. The Morgan fingerprint density at radius 3 is 1.39 bits per heavy atom. The van der Waals surface area contributed by atoms with Crippen LogP contribution in [0.2, 0.25) is 0 Å². The molecular weight excluding hydrogens is 494 g/mol. The van der Waals surface area contributed by atoms with Crippen LogP contribution in [0.15, 0.2) is 44.3 Å². The number of carbonyl (C=O) groups excluding carboxylic acids is 2. The summed E-state index contributed by atoms with van der Waals surface area (Å²) in [5, 5.41) is 0. The lowest BCUT2D eigenvalue weighted by atomic mass is 9.71. The van der Waals surface area contributed by atoms with Crippen LogP contribution in [0.5, 0.6) is 0 Å². The first-order valence-corrected chi connectivity index (χ1v) is 11.5. The van der Waals surface area contributed by atoms with Gasteiger partial charge in [0.2, 0.25) is 0 Å². The number of alkyl halides is 6. The summed E-state index contributed by atoms with van der Waals surface area (Å²) in [5.41, 5.74) is -4.04. The van der Waals surface area contributed by atoms with Crippen molar-refractivity contribution in [3.63, 3.8) is 0 Å². The van der Waals surface area contributed by atoms with Crippen LogP contribution >= 0.6 is 23.5 Å². The van der Waals surface area contributed by atoms with Crippen molar-refractivity contribution in [2.24, 2.45) is 0 Å². The fourth-order valence-electron chi connectivity index (χ4n) is 4.51. The minimum absolute atomic E-state index is 0.0407. The Balaban J connectivity index is 2.06. The molecule has 4 nitrogen and oxygen atoms in total. The van der Waals surface area contributed by atoms with Crippen molar-refractivity contribution in [3.8, 4) is 0 Å². The molecule has 12 heteroatoms. The predicted octanol–water partition coefficient (Wildman–Crippen LogP) is 5.42. The van der Waals surface area contributed by atoms with E-state index >= 15 is 17.6 Å². The zero-order chi connectivity index (χ0) is 24.8. The van der Waals surface area contributed by atoms with Gasteiger partial charge in [0.15, 0.2) is 0 Å². The third-order valence-corrected chi connectivity index (χ3v) is 9.49. The molecule has 2 atom stereocenters. The average Bonchev–Trinajstić information content (AvgIpc) is 3.28. The second-order valence-electron chi connectivity index (χ2n) is 8.03. The Morgan fingerprint density at radius 2 is 1.09 bits per heavy atom. The Bertz CT molecular complexity index is 1020. The minimum Gasteiger partial charge on any atom is -0.462 e. The van der Waals surface area contributed by atoms with Crippen molar-refractivity contribution in [2.75, 3.05) is 13.2 Å². The van der Waals surface area contributed by atoms with Gasteiger partial charge in [-0.15, -0.1) is 23.5 Å². The lowest BCUT2D eigenvalue weighted by Gasteiger charge is -2.47. The summed E-state index contributed by atoms with van der Waals surface area (Å²) in [7, 11) is 0. The molecule has 180 valence electrons. The van der Waals surface area contributed by atoms with Crippen LogP contribution in [0.3, 0.4) is 0 Å². The summed E-state index contributed by atoms with van der Waals surface area (Å²) in [5.74, 6) is -17.9. The molecule has 2 heterocycles. The summed E-state index contributed by atoms with van der Waals surface area (Å²) >= 11 is 1.52. The molecule has 0 saturated heterocycles. The molecule has 4 aliphatic rings. The smallest absolute Gasteiger partial charge is 0.380 e. The highest BCUT2D eigenvalue weighted by molar-refractivity contribution is 8.10. The molecule has 2 aliphatic carbocycles. The first-order valence-electron chi connectivity index (χ1n) is 9.91. The second kappa shape index (κ2) is 7.10. The second-order valence-corrected chi connectivity index (χ2v) is 11.0. The van der Waals surface area contributed by atoms with Crippen molar-refractivity contribution in [3.05, 3.63) is 44.3 Å². The maximum Gasteiger partial charge on any atom is 0.380 e. The molecule has 0 N–H and O–H groups in total. The molecule has 0 amide bonds. The SMILES string of the molecule is CCOC(=O)C1=CC2=C3C(=C4C=C(C(=O)OCC)SC4(C)C2(C)S1)C(F)(F)C(F)(F)C3(F)F. The molecular formula is C21H18F6O4S2. The average molecular weight is 512 g/mol. The van der Waals surface area contributed by atoms with Crippen LogP contribution in [-0.2, 0) is 19.1 Å². The largest absolute Gasteiger partial charge is 0.462 e. The van der Waals surface area contributed by atoms with Crippen LogP contribution in [0.4, 0.5) is 26.3 Å². The van der Waals surface area contributed by atoms with Crippen molar-refractivity contribution in [2.45, 2.75) is 55.0 Å². The number of thioether (sulfide) groups is 2. The first kappa shape index (κ1) is 24.3. The summed E-state index contributed by atoms with van der Waals surface area (Å²) in [4.78, 5) is 24.4. The lowest BCUT2D eigenvalue weighted by Crippen LogP contribution is -2.49. The molecule has 2 unspecified atom stereocenters. The van der Waals surface area contributed by atoms with Gasteiger partial charge in [0.1, 0.15) is 0 Å². The summed E-state index contributed by atoms with van der Waals surface area (Å²) in [6.07, 6.45) is 1.85. The molecule has 0 radical (unpaired) electrons. The summed E-state index contributed by atoms with van der Waals surface area (Å²) in [6, 6.07) is 0. The van der Waals surface area contributed by atoms with Gasteiger partial charge in [-0.05, 0) is 51.0 Å². The molecule has 2 aliphatic heterocycles. The molecule has 0 aromatic carbocycles. The molecule has 0 spiro atoms. The Kier molecular flexibility index (Phi) is 5.23. The van der Waals surface area contributed by atoms with Gasteiger partial charge >= 0.3 is 29.7 Å². The number of ether oxygens (including phenoxy) is 2. The molecule has 0 aromatic heterocycles. The number of allylic oxidation sites excluding steroid dienone is 4. The molecule has 33 heavy (non-hydrogen) atoms. The normalized spacial score (nSPS) is 32.7. The highest BCUT2D eigenvalue weighted by atomic mass is 32.2. The van der Waals surface area contributed by atoms with Gasteiger partial charge in [-0.25, -0.2) is 9.59 Å². The van der Waals surface area contributed by atoms with E-state index in [1.807, 2.05) is 0 Å². The zero-order valence-corrected chi connectivity index (χ0v) is 19.4. The first-order chi connectivity index (χ1) is 15.1. The van der Waals surface area contributed by atoms with Crippen molar-refractivity contribution in [1.82, 2.24) is 0 Å². The van der Waals surface area contributed by atoms with Crippen LogP contribution in [0.25, 0.3) is 0 Å². The Morgan fingerprint density at radius 1 is 0.758 bits per heavy atom. The maximum atomic E-state index is 15.0. The third kappa shape index (κ3) is 2.76. The third-order valence-electron chi connectivity index (χ3n) is 6.28. The topological polar surface area (TPSA) is 52.6 Å². The molecule has 1 fully saturated rings. The molecule has 4 rings (SSSR count). The number of halogens is 6. The predicted molar refractivity (Wildman–Crippen MR) is 110 cm³/mol. The van der Waals surface area contributed by atoms with Crippen molar-refractivity contribution >= 4 is 35.5 Å². The summed E-state index contributed by atoms with van der Waals surface area (Å²) < 4.78 is 95.7. The summed E-state index contributed by atoms with van der Waals surface area (Å²) in [6.45, 7) is 5.75. The van der Waals surface area contributed by atoms with E-state index in [-0.39, 0.29) is 23.0 Å². The Labute approximate surface area is 193 Å². The fourth-order valence-corrected chi connectivity index (χ4v) is 7.43. The van der Waals surface area contributed by atoms with E-state index in [0.717, 1.165) is 35.7 Å². The van der Waals surface area contributed by atoms with E-state index in [9.17, 15) is 18.4 Å². The van der Waals surface area contributed by atoms with E-state index < -0.39 is 61.5 Å². The lowest BCUT2D eigenvalue weighted by molar-refractivity contribution is -0.258. The van der Waals surface area contributed by atoms with Gasteiger partial charge in [0.25, 0.3) is 0 Å². The standard InChI is InChI=1S/C21H18F6O4S2/c1-5-30-15(28)11-7-9-13-14(20(24,25)21(26,27)19(13,22)23)10-8-12(16(29)31-6-2)33-18(10,4)17(9,3)32-11/h7-8H,5-6H2,1-4H3. The number of rotatable bonds is 4. The number of esters is 2. The van der Waals surface area contributed by atoms with Crippen molar-refractivity contribution in [1.29, 1.82) is 0 Å². The zero-order valence-electron chi connectivity index (χ0n) is 17.8. The number of hydrogen-bond acceptors (Lipinski definition) is 6. The minimum atomic E-state index is -5.72. The number of fused-ring (bicyclic) bond motifs is 4. The quantitative estimate of drug-likeness (QED) is 0.371. The highest BCUT2D eigenvalue weighted by Gasteiger charge is 2.84. The van der Waals surface area contributed by atoms with E-state index in [2.05, 4.69) is 0 Å². The van der Waals surface area contributed by atoms with E-state index in [0.29, 0.717) is 0 Å². The molecule has 0 bridgehead atoms. The van der Waals surface area contributed by atoms with Gasteiger partial charge in [0.05, 0.1) is 32.5 Å². The molecule has 1 saturated carbocycles. The van der Waals surface area contributed by atoms with Crippen LogP contribution in [0, 0.1) is 0 Å².